The maximum absolute atomic E-state index is 6.37. The summed E-state index contributed by atoms with van der Waals surface area (Å²) in [6.07, 6.45) is 6.99. The van der Waals surface area contributed by atoms with Gasteiger partial charge in [0.05, 0.1) is 16.4 Å². The largest absolute Gasteiger partial charge is 0.370 e. The Bertz CT molecular complexity index is 618. The summed E-state index contributed by atoms with van der Waals surface area (Å²) in [4.78, 5) is 0. The van der Waals surface area contributed by atoms with E-state index in [2.05, 4.69) is 12.2 Å². The summed E-state index contributed by atoms with van der Waals surface area (Å²) >= 11 is 6.37. The van der Waals surface area contributed by atoms with Gasteiger partial charge >= 0.3 is 0 Å². The van der Waals surface area contributed by atoms with E-state index in [1.807, 2.05) is 28.9 Å². The summed E-state index contributed by atoms with van der Waals surface area (Å²) in [5, 5.41) is 9.18. The summed E-state index contributed by atoms with van der Waals surface area (Å²) in [7, 11) is 0. The average molecular weight is 304 g/mol. The van der Waals surface area contributed by atoms with Crippen molar-refractivity contribution < 1.29 is 0 Å². The van der Waals surface area contributed by atoms with Gasteiger partial charge in [0, 0.05) is 12.1 Å². The number of unbranched alkanes of at least 4 members (excludes halogenated alkanes) is 1. The molecule has 0 bridgehead atoms. The van der Waals surface area contributed by atoms with E-state index in [-0.39, 0.29) is 0 Å². The van der Waals surface area contributed by atoms with Crippen molar-refractivity contribution in [3.63, 3.8) is 0 Å². The zero-order valence-electron chi connectivity index (χ0n) is 12.5. The molecule has 0 spiro atoms. The highest BCUT2D eigenvalue weighted by Crippen LogP contribution is 2.31. The van der Waals surface area contributed by atoms with Crippen LogP contribution in [0.2, 0.25) is 5.02 Å². The molecular weight excluding hydrogens is 282 g/mol. The van der Waals surface area contributed by atoms with Crippen molar-refractivity contribution in [1.29, 1.82) is 0 Å². The van der Waals surface area contributed by atoms with E-state index in [1.54, 1.807) is 0 Å². The topological polar surface area (TPSA) is 29.9 Å². The molecule has 4 heteroatoms. The van der Waals surface area contributed by atoms with Gasteiger partial charge in [0.2, 0.25) is 0 Å². The number of halogens is 1. The lowest BCUT2D eigenvalue weighted by molar-refractivity contribution is 0.728. The molecule has 0 amide bonds. The predicted octanol–water partition coefficient (Wildman–Crippen LogP) is 4.62. The number of fused-ring (bicyclic) bond motifs is 1. The van der Waals surface area contributed by atoms with Gasteiger partial charge in [-0.25, -0.2) is 4.68 Å². The second-order valence-electron chi connectivity index (χ2n) is 5.62. The summed E-state index contributed by atoms with van der Waals surface area (Å²) < 4.78 is 2.01. The first-order valence-electron chi connectivity index (χ1n) is 7.90. The van der Waals surface area contributed by atoms with Gasteiger partial charge in [-0.3, -0.25) is 0 Å². The minimum atomic E-state index is 0.746. The second-order valence-corrected chi connectivity index (χ2v) is 6.03. The van der Waals surface area contributed by atoms with Crippen LogP contribution in [0.4, 0.5) is 5.82 Å². The molecule has 3 nitrogen and oxygen atoms in total. The molecule has 1 aliphatic rings. The number of nitrogens with zero attached hydrogens (tertiary/aromatic N) is 2. The molecule has 0 fully saturated rings. The van der Waals surface area contributed by atoms with E-state index >= 15 is 0 Å². The molecule has 0 atom stereocenters. The molecule has 3 rings (SSSR count). The van der Waals surface area contributed by atoms with Gasteiger partial charge in [0.15, 0.2) is 0 Å². The highest BCUT2D eigenvalue weighted by Gasteiger charge is 2.20. The Morgan fingerprint density at radius 3 is 2.95 bits per heavy atom. The van der Waals surface area contributed by atoms with Gasteiger partial charge in [-0.1, -0.05) is 37.1 Å². The highest BCUT2D eigenvalue weighted by atomic mass is 35.5. The highest BCUT2D eigenvalue weighted by molar-refractivity contribution is 6.32. The monoisotopic (exact) mass is 303 g/mol. The normalized spacial score (nSPS) is 14.4. The van der Waals surface area contributed by atoms with Crippen LogP contribution in [0.5, 0.6) is 0 Å². The van der Waals surface area contributed by atoms with Gasteiger partial charge in [-0.2, -0.15) is 5.10 Å². The zero-order chi connectivity index (χ0) is 14.7. The van der Waals surface area contributed by atoms with E-state index in [0.29, 0.717) is 0 Å². The van der Waals surface area contributed by atoms with Crippen LogP contribution in [0.1, 0.15) is 43.9 Å². The van der Waals surface area contributed by atoms with Crippen LogP contribution in [0.3, 0.4) is 0 Å². The summed E-state index contributed by atoms with van der Waals surface area (Å²) in [5.41, 5.74) is 3.59. The number of rotatable bonds is 4. The van der Waals surface area contributed by atoms with Crippen molar-refractivity contribution in [2.24, 2.45) is 0 Å². The third-order valence-electron chi connectivity index (χ3n) is 4.06. The standard InChI is InChI=1S/C17H22ClN3/c1-2-3-10-15-13-8-6-7-12-19-17(13)21(20-15)16-11-5-4-9-14(16)18/h4-5,9,11,19H,2-3,6-8,10,12H2,1H3. The molecule has 112 valence electrons. The molecule has 1 aliphatic heterocycles. The zero-order valence-corrected chi connectivity index (χ0v) is 13.3. The Labute approximate surface area is 131 Å². The number of anilines is 1. The first-order valence-corrected chi connectivity index (χ1v) is 8.28. The number of aromatic nitrogens is 2. The van der Waals surface area contributed by atoms with Crippen LogP contribution in [-0.4, -0.2) is 16.3 Å². The van der Waals surface area contributed by atoms with E-state index < -0.39 is 0 Å². The number of para-hydroxylation sites is 1. The van der Waals surface area contributed by atoms with Crippen molar-refractivity contribution in [3.05, 3.63) is 40.5 Å². The summed E-state index contributed by atoms with van der Waals surface area (Å²) in [5.74, 6) is 1.15. The molecule has 1 aromatic heterocycles. The first kappa shape index (κ1) is 14.5. The van der Waals surface area contributed by atoms with E-state index in [4.69, 9.17) is 16.7 Å². The molecule has 0 radical (unpaired) electrons. The lowest BCUT2D eigenvalue weighted by atomic mass is 10.1. The Morgan fingerprint density at radius 2 is 2.14 bits per heavy atom. The Hall–Kier alpha value is -1.48. The Morgan fingerprint density at radius 1 is 1.29 bits per heavy atom. The SMILES string of the molecule is CCCCc1nn(-c2ccccc2Cl)c2c1CCCCN2. The fraction of sp³-hybridized carbons (Fsp3) is 0.471. The number of aryl methyl sites for hydroxylation is 1. The van der Waals surface area contributed by atoms with Gasteiger partial charge in [-0.15, -0.1) is 0 Å². The number of hydrogen-bond acceptors (Lipinski definition) is 2. The lowest BCUT2D eigenvalue weighted by Crippen LogP contribution is -2.07. The van der Waals surface area contributed by atoms with Gasteiger partial charge in [-0.05, 0) is 44.2 Å². The van der Waals surface area contributed by atoms with Crippen LogP contribution in [0, 0.1) is 0 Å². The average Bonchev–Trinajstić information content (AvgIpc) is 2.68. The van der Waals surface area contributed by atoms with Gasteiger partial charge < -0.3 is 5.32 Å². The minimum Gasteiger partial charge on any atom is -0.370 e. The van der Waals surface area contributed by atoms with Crippen molar-refractivity contribution in [1.82, 2.24) is 9.78 Å². The summed E-state index contributed by atoms with van der Waals surface area (Å²) in [6, 6.07) is 7.93. The molecule has 2 aromatic rings. The number of nitrogens with one attached hydrogen (secondary N) is 1. The molecule has 0 aliphatic carbocycles. The molecule has 1 N–H and O–H groups in total. The molecule has 21 heavy (non-hydrogen) atoms. The molecule has 0 saturated heterocycles. The third-order valence-corrected chi connectivity index (χ3v) is 4.38. The molecule has 0 unspecified atom stereocenters. The van der Waals surface area contributed by atoms with Crippen LogP contribution in [-0.2, 0) is 12.8 Å². The lowest BCUT2D eigenvalue weighted by Gasteiger charge is -2.10. The van der Waals surface area contributed by atoms with E-state index in [9.17, 15) is 0 Å². The molecule has 2 heterocycles. The van der Waals surface area contributed by atoms with Crippen LogP contribution < -0.4 is 5.32 Å². The number of hydrogen-bond donors (Lipinski definition) is 1. The summed E-state index contributed by atoms with van der Waals surface area (Å²) in [6.45, 7) is 3.23. The fourth-order valence-corrected chi connectivity index (χ4v) is 3.13. The van der Waals surface area contributed by atoms with Crippen molar-refractivity contribution in [2.45, 2.75) is 45.4 Å². The van der Waals surface area contributed by atoms with E-state index in [0.717, 1.165) is 35.9 Å². The molecule has 1 aromatic carbocycles. The molecule has 0 saturated carbocycles. The van der Waals surface area contributed by atoms with Crippen molar-refractivity contribution >= 4 is 17.4 Å². The fourth-order valence-electron chi connectivity index (χ4n) is 2.92. The molecular formula is C17H22ClN3. The smallest absolute Gasteiger partial charge is 0.133 e. The first-order chi connectivity index (χ1) is 10.3. The minimum absolute atomic E-state index is 0.746. The Kier molecular flexibility index (Phi) is 4.49. The van der Waals surface area contributed by atoms with Crippen LogP contribution in [0.15, 0.2) is 24.3 Å². The maximum atomic E-state index is 6.37. The quantitative estimate of drug-likeness (QED) is 0.893. The van der Waals surface area contributed by atoms with Gasteiger partial charge in [0.1, 0.15) is 5.82 Å². The van der Waals surface area contributed by atoms with Crippen molar-refractivity contribution in [3.8, 4) is 5.69 Å². The third kappa shape index (κ3) is 2.93. The van der Waals surface area contributed by atoms with Crippen LogP contribution in [0.25, 0.3) is 5.69 Å². The second kappa shape index (κ2) is 6.52. The van der Waals surface area contributed by atoms with E-state index in [1.165, 1.54) is 36.9 Å². The van der Waals surface area contributed by atoms with Crippen LogP contribution >= 0.6 is 11.6 Å². The van der Waals surface area contributed by atoms with Crippen molar-refractivity contribution in [2.75, 3.05) is 11.9 Å². The van der Waals surface area contributed by atoms with Gasteiger partial charge in [0.25, 0.3) is 0 Å². The predicted molar refractivity (Wildman–Crippen MR) is 88.6 cm³/mol. The Balaban J connectivity index is 2.08. The maximum Gasteiger partial charge on any atom is 0.133 e. The number of benzene rings is 1.